The molecule has 2 aromatic rings. The van der Waals surface area contributed by atoms with Gasteiger partial charge in [0, 0.05) is 44.5 Å². The van der Waals surface area contributed by atoms with Crippen molar-refractivity contribution in [3.05, 3.63) is 54.1 Å². The van der Waals surface area contributed by atoms with Gasteiger partial charge >= 0.3 is 0 Å². The summed E-state index contributed by atoms with van der Waals surface area (Å²) in [7, 11) is 1.74. The number of rotatable bonds is 5. The third-order valence-electron chi connectivity index (χ3n) is 3.54. The van der Waals surface area contributed by atoms with Gasteiger partial charge in [-0.3, -0.25) is 9.59 Å². The average Bonchev–Trinajstić information content (AvgIpc) is 2.53. The van der Waals surface area contributed by atoms with Crippen LogP contribution in [-0.2, 0) is 16.1 Å². The minimum absolute atomic E-state index is 0.00468. The van der Waals surface area contributed by atoms with Gasteiger partial charge < -0.3 is 15.5 Å². The normalized spacial score (nSPS) is 10.0. The van der Waals surface area contributed by atoms with Gasteiger partial charge in [-0.15, -0.1) is 0 Å². The minimum atomic E-state index is -0.0888. The Morgan fingerprint density at radius 1 is 1.00 bits per heavy atom. The summed E-state index contributed by atoms with van der Waals surface area (Å²) < 4.78 is 0. The number of hydrogen-bond donors (Lipinski definition) is 2. The van der Waals surface area contributed by atoms with Gasteiger partial charge in [-0.2, -0.15) is 0 Å². The highest BCUT2D eigenvalue weighted by Gasteiger charge is 2.06. The summed E-state index contributed by atoms with van der Waals surface area (Å²) in [6, 6.07) is 15.3. The van der Waals surface area contributed by atoms with Gasteiger partial charge in [-0.05, 0) is 35.9 Å². The molecule has 0 saturated heterocycles. The second-order valence-corrected chi connectivity index (χ2v) is 5.32. The van der Waals surface area contributed by atoms with Crippen molar-refractivity contribution in [2.45, 2.75) is 20.4 Å². The highest BCUT2D eigenvalue weighted by atomic mass is 16.2. The van der Waals surface area contributed by atoms with Crippen LogP contribution in [-0.4, -0.2) is 18.9 Å². The number of nitrogens with zero attached hydrogens (tertiary/aromatic N) is 1. The number of para-hydroxylation sites is 1. The van der Waals surface area contributed by atoms with Crippen LogP contribution >= 0.6 is 0 Å². The predicted octanol–water partition coefficient (Wildman–Crippen LogP) is 3.24. The van der Waals surface area contributed by atoms with Crippen molar-refractivity contribution in [1.29, 1.82) is 0 Å². The topological polar surface area (TPSA) is 61.4 Å². The molecule has 0 atom stereocenters. The molecule has 0 aliphatic carbocycles. The summed E-state index contributed by atoms with van der Waals surface area (Å²) in [5.74, 6) is -0.0935. The van der Waals surface area contributed by atoms with Gasteiger partial charge in [0.1, 0.15) is 0 Å². The third kappa shape index (κ3) is 4.57. The van der Waals surface area contributed by atoms with Crippen LogP contribution in [0.4, 0.5) is 17.1 Å². The van der Waals surface area contributed by atoms with Crippen LogP contribution in [0, 0.1) is 0 Å². The summed E-state index contributed by atoms with van der Waals surface area (Å²) in [5.41, 5.74) is 3.61. The molecule has 0 aromatic heterocycles. The number of carbonyl (C=O) groups excluding carboxylic acids is 2. The Balaban J connectivity index is 2.04. The van der Waals surface area contributed by atoms with E-state index in [2.05, 4.69) is 10.6 Å². The largest absolute Gasteiger partial charge is 0.381 e. The van der Waals surface area contributed by atoms with Crippen LogP contribution in [0.3, 0.4) is 0 Å². The Bertz CT molecular complexity index is 696. The first kappa shape index (κ1) is 16.5. The summed E-state index contributed by atoms with van der Waals surface area (Å²) in [4.78, 5) is 24.2. The van der Waals surface area contributed by atoms with E-state index in [0.29, 0.717) is 6.54 Å². The first-order valence-corrected chi connectivity index (χ1v) is 7.41. The predicted molar refractivity (Wildman–Crippen MR) is 93.6 cm³/mol. The molecule has 5 heteroatoms. The Kier molecular flexibility index (Phi) is 5.36. The zero-order chi connectivity index (χ0) is 16.8. The van der Waals surface area contributed by atoms with Crippen molar-refractivity contribution >= 4 is 28.9 Å². The lowest BCUT2D eigenvalue weighted by Gasteiger charge is -2.16. The highest BCUT2D eigenvalue weighted by Crippen LogP contribution is 2.20. The lowest BCUT2D eigenvalue weighted by Crippen LogP contribution is -2.22. The first-order chi connectivity index (χ1) is 11.0. The number of carbonyl (C=O) groups is 2. The molecule has 0 saturated carbocycles. The summed E-state index contributed by atoms with van der Waals surface area (Å²) in [5, 5.41) is 6.14. The van der Waals surface area contributed by atoms with Crippen molar-refractivity contribution in [1.82, 2.24) is 0 Å². The van der Waals surface area contributed by atoms with Crippen LogP contribution in [0.1, 0.15) is 19.4 Å². The van der Waals surface area contributed by atoms with Crippen molar-refractivity contribution < 1.29 is 9.59 Å². The van der Waals surface area contributed by atoms with Crippen LogP contribution in [0.15, 0.2) is 48.5 Å². The van der Waals surface area contributed by atoms with Gasteiger partial charge in [-0.1, -0.05) is 18.2 Å². The molecule has 2 aromatic carbocycles. The number of hydrogen-bond acceptors (Lipinski definition) is 3. The smallest absolute Gasteiger partial charge is 0.223 e. The molecule has 0 fully saturated rings. The van der Waals surface area contributed by atoms with Crippen LogP contribution in [0.2, 0.25) is 0 Å². The molecule has 2 N–H and O–H groups in total. The first-order valence-electron chi connectivity index (χ1n) is 7.41. The maximum Gasteiger partial charge on any atom is 0.223 e. The van der Waals surface area contributed by atoms with Gasteiger partial charge in [0.05, 0.1) is 0 Å². The Morgan fingerprint density at radius 2 is 1.65 bits per heavy atom. The van der Waals surface area contributed by atoms with Gasteiger partial charge in [-0.25, -0.2) is 0 Å². The molecule has 2 amide bonds. The lowest BCUT2D eigenvalue weighted by atomic mass is 10.1. The van der Waals surface area contributed by atoms with E-state index in [1.54, 1.807) is 11.9 Å². The Morgan fingerprint density at radius 3 is 2.26 bits per heavy atom. The average molecular weight is 311 g/mol. The minimum Gasteiger partial charge on any atom is -0.381 e. The van der Waals surface area contributed by atoms with E-state index in [9.17, 15) is 9.59 Å². The van der Waals surface area contributed by atoms with Crippen LogP contribution in [0.5, 0.6) is 0 Å². The highest BCUT2D eigenvalue weighted by molar-refractivity contribution is 5.91. The Hall–Kier alpha value is -2.82. The molecule has 0 aliphatic rings. The number of nitrogens with one attached hydrogen (secondary N) is 2. The van der Waals surface area contributed by atoms with E-state index in [1.165, 1.54) is 13.8 Å². The molecule has 0 heterocycles. The molecular formula is C18H21N3O2. The second-order valence-electron chi connectivity index (χ2n) is 5.32. The zero-order valence-electron chi connectivity index (χ0n) is 13.6. The fourth-order valence-electron chi connectivity index (χ4n) is 2.17. The maximum atomic E-state index is 11.3. The van der Waals surface area contributed by atoms with E-state index in [1.807, 2.05) is 48.5 Å². The second kappa shape index (κ2) is 7.45. The van der Waals surface area contributed by atoms with Crippen molar-refractivity contribution in [2.24, 2.45) is 0 Å². The van der Waals surface area contributed by atoms with E-state index < -0.39 is 0 Å². The lowest BCUT2D eigenvalue weighted by molar-refractivity contribution is -0.116. The fraction of sp³-hybridized carbons (Fsp3) is 0.222. The van der Waals surface area contributed by atoms with Crippen molar-refractivity contribution in [3.8, 4) is 0 Å². The number of anilines is 3. The third-order valence-corrected chi connectivity index (χ3v) is 3.54. The van der Waals surface area contributed by atoms with Crippen LogP contribution < -0.4 is 15.5 Å². The molecule has 23 heavy (non-hydrogen) atoms. The summed E-state index contributed by atoms with van der Waals surface area (Å²) in [6.45, 7) is 3.62. The van der Waals surface area contributed by atoms with E-state index in [-0.39, 0.29) is 11.8 Å². The summed E-state index contributed by atoms with van der Waals surface area (Å²) >= 11 is 0. The van der Waals surface area contributed by atoms with Gasteiger partial charge in [0.2, 0.25) is 11.8 Å². The SMILES string of the molecule is CC(=O)Nc1ccccc1CNc1ccc(N(C)C(C)=O)cc1. The standard InChI is InChI=1S/C18H21N3O2/c1-13(22)20-18-7-5-4-6-15(18)12-19-16-8-10-17(11-9-16)21(3)14(2)23/h4-11,19H,12H2,1-3H3,(H,20,22). The van der Waals surface area contributed by atoms with E-state index >= 15 is 0 Å². The number of benzene rings is 2. The molecule has 0 radical (unpaired) electrons. The van der Waals surface area contributed by atoms with Gasteiger partial charge in [0.15, 0.2) is 0 Å². The molecular weight excluding hydrogens is 290 g/mol. The molecule has 5 nitrogen and oxygen atoms in total. The molecule has 2 rings (SSSR count). The van der Waals surface area contributed by atoms with E-state index in [0.717, 1.165) is 22.6 Å². The monoisotopic (exact) mass is 311 g/mol. The molecule has 0 aliphatic heterocycles. The zero-order valence-corrected chi connectivity index (χ0v) is 13.6. The fourth-order valence-corrected chi connectivity index (χ4v) is 2.17. The molecule has 0 spiro atoms. The van der Waals surface area contributed by atoms with Crippen molar-refractivity contribution in [2.75, 3.05) is 22.6 Å². The van der Waals surface area contributed by atoms with Gasteiger partial charge in [0.25, 0.3) is 0 Å². The quantitative estimate of drug-likeness (QED) is 0.891. The van der Waals surface area contributed by atoms with Crippen LogP contribution in [0.25, 0.3) is 0 Å². The van der Waals surface area contributed by atoms with Crippen molar-refractivity contribution in [3.63, 3.8) is 0 Å². The van der Waals surface area contributed by atoms with E-state index in [4.69, 9.17) is 0 Å². The molecule has 120 valence electrons. The molecule has 0 bridgehead atoms. The maximum absolute atomic E-state index is 11.3. The number of amides is 2. The Labute approximate surface area is 136 Å². The molecule has 0 unspecified atom stereocenters. The summed E-state index contributed by atoms with van der Waals surface area (Å²) in [6.07, 6.45) is 0.